The van der Waals surface area contributed by atoms with Gasteiger partial charge >= 0.3 is 0 Å². The van der Waals surface area contributed by atoms with Gasteiger partial charge in [-0.3, -0.25) is 0 Å². The van der Waals surface area contributed by atoms with Gasteiger partial charge in [0.05, 0.1) is 19.4 Å². The van der Waals surface area contributed by atoms with Gasteiger partial charge < -0.3 is 15.2 Å². The maximum Gasteiger partial charge on any atom is 0.141 e. The molecular weight excluding hydrogens is 214 g/mol. The Balaban J connectivity index is 2.54. The predicted octanol–water partition coefficient (Wildman–Crippen LogP) is 3.05. The first-order chi connectivity index (χ1) is 8.31. The summed E-state index contributed by atoms with van der Waals surface area (Å²) in [6, 6.07) is 7.91. The fourth-order valence-electron chi connectivity index (χ4n) is 1.83. The van der Waals surface area contributed by atoms with Crippen molar-refractivity contribution in [2.75, 3.05) is 19.0 Å². The van der Waals surface area contributed by atoms with Crippen LogP contribution in [0.3, 0.4) is 0 Å². The van der Waals surface area contributed by atoms with E-state index < -0.39 is 0 Å². The van der Waals surface area contributed by atoms with Crippen LogP contribution >= 0.6 is 0 Å². The average Bonchev–Trinajstić information content (AvgIpc) is 2.38. The van der Waals surface area contributed by atoms with Gasteiger partial charge in [0.25, 0.3) is 0 Å². The number of hydrogen-bond donors (Lipinski definition) is 2. The molecule has 3 nitrogen and oxygen atoms in total. The number of benzene rings is 1. The Kier molecular flexibility index (Phi) is 6.48. The van der Waals surface area contributed by atoms with Crippen molar-refractivity contribution in [1.82, 2.24) is 0 Å². The topological polar surface area (TPSA) is 41.5 Å². The van der Waals surface area contributed by atoms with E-state index in [0.29, 0.717) is 0 Å². The Labute approximate surface area is 104 Å². The Bertz CT molecular complexity index is 315. The molecule has 1 unspecified atom stereocenters. The summed E-state index contributed by atoms with van der Waals surface area (Å²) in [5, 5.41) is 12.7. The van der Waals surface area contributed by atoms with Crippen molar-refractivity contribution in [2.45, 2.75) is 38.6 Å². The summed E-state index contributed by atoms with van der Waals surface area (Å²) in [7, 11) is 1.66. The lowest BCUT2D eigenvalue weighted by molar-refractivity contribution is 0.266. The summed E-state index contributed by atoms with van der Waals surface area (Å²) < 4.78 is 5.27. The number of hydrogen-bond acceptors (Lipinski definition) is 3. The molecule has 1 aromatic carbocycles. The molecule has 17 heavy (non-hydrogen) atoms. The molecule has 0 aliphatic rings. The van der Waals surface area contributed by atoms with Crippen molar-refractivity contribution in [1.29, 1.82) is 0 Å². The van der Waals surface area contributed by atoms with E-state index in [1.54, 1.807) is 7.11 Å². The van der Waals surface area contributed by atoms with Gasteiger partial charge in [-0.15, -0.1) is 0 Å². The van der Waals surface area contributed by atoms with E-state index in [1.165, 1.54) is 12.8 Å². The van der Waals surface area contributed by atoms with Crippen LogP contribution in [-0.4, -0.2) is 24.9 Å². The van der Waals surface area contributed by atoms with E-state index in [4.69, 9.17) is 4.74 Å². The van der Waals surface area contributed by atoms with Crippen LogP contribution in [-0.2, 0) is 0 Å². The molecule has 96 valence electrons. The van der Waals surface area contributed by atoms with E-state index in [2.05, 4.69) is 12.2 Å². The van der Waals surface area contributed by atoms with Gasteiger partial charge in [-0.25, -0.2) is 0 Å². The molecule has 0 heterocycles. The molecular formula is C14H23NO2. The molecule has 0 amide bonds. The zero-order chi connectivity index (χ0) is 12.5. The first-order valence-electron chi connectivity index (χ1n) is 6.32. The molecule has 0 aliphatic heterocycles. The smallest absolute Gasteiger partial charge is 0.141 e. The summed E-state index contributed by atoms with van der Waals surface area (Å²) in [4.78, 5) is 0. The molecule has 0 spiro atoms. The number of methoxy groups -OCH3 is 1. The molecule has 0 bridgehead atoms. The second-order valence-corrected chi connectivity index (χ2v) is 4.22. The van der Waals surface area contributed by atoms with E-state index in [0.717, 1.165) is 24.3 Å². The standard InChI is InChI=1S/C14H23NO2/c1-3-4-5-8-12(11-16)15-13-9-6-7-10-14(13)17-2/h6-7,9-10,12,15-16H,3-5,8,11H2,1-2H3. The first-order valence-corrected chi connectivity index (χ1v) is 6.32. The molecule has 0 saturated carbocycles. The predicted molar refractivity (Wildman–Crippen MR) is 71.6 cm³/mol. The number of nitrogens with one attached hydrogen (secondary N) is 1. The number of anilines is 1. The third-order valence-electron chi connectivity index (χ3n) is 2.84. The zero-order valence-electron chi connectivity index (χ0n) is 10.8. The second-order valence-electron chi connectivity index (χ2n) is 4.22. The van der Waals surface area contributed by atoms with Crippen LogP contribution in [0.2, 0.25) is 0 Å². The average molecular weight is 237 g/mol. The van der Waals surface area contributed by atoms with Crippen molar-refractivity contribution in [2.24, 2.45) is 0 Å². The van der Waals surface area contributed by atoms with Crippen molar-refractivity contribution >= 4 is 5.69 Å². The third kappa shape index (κ3) is 4.65. The minimum atomic E-state index is 0.109. The molecule has 1 rings (SSSR count). The van der Waals surface area contributed by atoms with Gasteiger partial charge in [0.15, 0.2) is 0 Å². The molecule has 0 saturated heterocycles. The van der Waals surface area contributed by atoms with Gasteiger partial charge in [-0.1, -0.05) is 38.3 Å². The van der Waals surface area contributed by atoms with Crippen molar-refractivity contribution < 1.29 is 9.84 Å². The second kappa shape index (κ2) is 7.96. The summed E-state index contributed by atoms with van der Waals surface area (Å²) >= 11 is 0. The van der Waals surface area contributed by atoms with Gasteiger partial charge in [0.2, 0.25) is 0 Å². The Morgan fingerprint density at radius 2 is 2.06 bits per heavy atom. The fourth-order valence-corrected chi connectivity index (χ4v) is 1.83. The van der Waals surface area contributed by atoms with Crippen LogP contribution in [0, 0.1) is 0 Å². The van der Waals surface area contributed by atoms with Gasteiger partial charge in [0.1, 0.15) is 5.75 Å². The largest absolute Gasteiger partial charge is 0.495 e. The highest BCUT2D eigenvalue weighted by Gasteiger charge is 2.09. The van der Waals surface area contributed by atoms with Crippen LogP contribution < -0.4 is 10.1 Å². The Morgan fingerprint density at radius 3 is 2.71 bits per heavy atom. The van der Waals surface area contributed by atoms with Crippen molar-refractivity contribution in [3.8, 4) is 5.75 Å². The van der Waals surface area contributed by atoms with E-state index in [1.807, 2.05) is 24.3 Å². The molecule has 0 aromatic heterocycles. The van der Waals surface area contributed by atoms with Crippen LogP contribution in [0.25, 0.3) is 0 Å². The van der Waals surface area contributed by atoms with Crippen LogP contribution in [0.15, 0.2) is 24.3 Å². The van der Waals surface area contributed by atoms with Crippen molar-refractivity contribution in [3.63, 3.8) is 0 Å². The summed E-state index contributed by atoms with van der Waals surface area (Å²) in [6.45, 7) is 2.34. The Morgan fingerprint density at radius 1 is 1.29 bits per heavy atom. The highest BCUT2D eigenvalue weighted by atomic mass is 16.5. The van der Waals surface area contributed by atoms with E-state index in [-0.39, 0.29) is 12.6 Å². The monoisotopic (exact) mass is 237 g/mol. The maximum absolute atomic E-state index is 9.35. The summed E-state index contributed by atoms with van der Waals surface area (Å²) in [5.41, 5.74) is 0.950. The van der Waals surface area contributed by atoms with E-state index in [9.17, 15) is 5.11 Å². The quantitative estimate of drug-likeness (QED) is 0.683. The lowest BCUT2D eigenvalue weighted by atomic mass is 10.1. The van der Waals surface area contributed by atoms with Gasteiger partial charge in [-0.05, 0) is 18.6 Å². The minimum Gasteiger partial charge on any atom is -0.495 e. The normalized spacial score (nSPS) is 12.2. The zero-order valence-corrected chi connectivity index (χ0v) is 10.8. The highest BCUT2D eigenvalue weighted by molar-refractivity contribution is 5.56. The molecule has 1 atom stereocenters. The lowest BCUT2D eigenvalue weighted by Crippen LogP contribution is -2.23. The highest BCUT2D eigenvalue weighted by Crippen LogP contribution is 2.24. The van der Waals surface area contributed by atoms with Gasteiger partial charge in [-0.2, -0.15) is 0 Å². The summed E-state index contributed by atoms with van der Waals surface area (Å²) in [6.07, 6.45) is 4.54. The number of unbranched alkanes of at least 4 members (excludes halogenated alkanes) is 2. The third-order valence-corrected chi connectivity index (χ3v) is 2.84. The number of aliphatic hydroxyl groups excluding tert-OH is 1. The lowest BCUT2D eigenvalue weighted by Gasteiger charge is -2.19. The number of ether oxygens (including phenoxy) is 1. The molecule has 0 fully saturated rings. The first kappa shape index (κ1) is 13.8. The fraction of sp³-hybridized carbons (Fsp3) is 0.571. The molecule has 2 N–H and O–H groups in total. The van der Waals surface area contributed by atoms with Crippen molar-refractivity contribution in [3.05, 3.63) is 24.3 Å². The van der Waals surface area contributed by atoms with E-state index >= 15 is 0 Å². The SMILES string of the molecule is CCCCCC(CO)Nc1ccccc1OC. The molecule has 0 radical (unpaired) electrons. The Hall–Kier alpha value is -1.22. The molecule has 0 aliphatic carbocycles. The van der Waals surface area contributed by atoms with Crippen LogP contribution in [0.4, 0.5) is 5.69 Å². The minimum absolute atomic E-state index is 0.109. The molecule has 3 heteroatoms. The van der Waals surface area contributed by atoms with Gasteiger partial charge in [0, 0.05) is 6.04 Å². The number of para-hydroxylation sites is 2. The molecule has 1 aromatic rings. The van der Waals surface area contributed by atoms with Crippen LogP contribution in [0.1, 0.15) is 32.6 Å². The maximum atomic E-state index is 9.35. The number of aliphatic hydroxyl groups is 1. The summed E-state index contributed by atoms with van der Waals surface area (Å²) in [5.74, 6) is 0.821. The van der Waals surface area contributed by atoms with Crippen LogP contribution in [0.5, 0.6) is 5.75 Å². The number of rotatable bonds is 8.